The van der Waals surface area contributed by atoms with Gasteiger partial charge in [0.15, 0.2) is 5.69 Å². The molecule has 2 aromatic rings. The van der Waals surface area contributed by atoms with Crippen molar-refractivity contribution in [3.8, 4) is 11.3 Å². The molecule has 1 saturated heterocycles. The molecule has 0 radical (unpaired) electrons. The van der Waals surface area contributed by atoms with Gasteiger partial charge >= 0.3 is 5.97 Å². The van der Waals surface area contributed by atoms with E-state index < -0.39 is 5.97 Å². The number of aromatic nitrogens is 3. The van der Waals surface area contributed by atoms with Crippen molar-refractivity contribution in [1.82, 2.24) is 20.3 Å². The van der Waals surface area contributed by atoms with Gasteiger partial charge in [-0.05, 0) is 38.4 Å². The van der Waals surface area contributed by atoms with Crippen LogP contribution in [0.15, 0.2) is 24.3 Å². The zero-order chi connectivity index (χ0) is 15.4. The molecule has 1 aromatic carbocycles. The number of nitrogens with one attached hydrogen (secondary N) is 1. The van der Waals surface area contributed by atoms with Gasteiger partial charge in [0, 0.05) is 12.1 Å². The van der Waals surface area contributed by atoms with Gasteiger partial charge in [-0.2, -0.15) is 10.3 Å². The topological polar surface area (TPSA) is 71.1 Å². The summed E-state index contributed by atoms with van der Waals surface area (Å²) in [5, 5.41) is 10.5. The van der Waals surface area contributed by atoms with Crippen molar-refractivity contribution in [2.45, 2.75) is 26.3 Å². The molecular formula is C16H20N4O2. The van der Waals surface area contributed by atoms with Gasteiger partial charge in [0.05, 0.1) is 6.61 Å². The fourth-order valence-electron chi connectivity index (χ4n) is 2.74. The van der Waals surface area contributed by atoms with Gasteiger partial charge < -0.3 is 4.74 Å². The number of benzene rings is 1. The van der Waals surface area contributed by atoms with Gasteiger partial charge in [-0.1, -0.05) is 24.3 Å². The zero-order valence-corrected chi connectivity index (χ0v) is 12.7. The number of rotatable bonds is 5. The molecule has 22 heavy (non-hydrogen) atoms. The minimum atomic E-state index is -0.451. The average Bonchev–Trinajstić information content (AvgIpc) is 3.19. The Labute approximate surface area is 129 Å². The number of likely N-dealkylation sites (tertiary alicyclic amines) is 1. The monoisotopic (exact) mass is 300 g/mol. The Kier molecular flexibility index (Phi) is 4.48. The Morgan fingerprint density at radius 3 is 2.64 bits per heavy atom. The Bertz CT molecular complexity index is 630. The normalized spacial score (nSPS) is 15.1. The summed E-state index contributed by atoms with van der Waals surface area (Å²) in [5.74, 6) is -0.451. The van der Waals surface area contributed by atoms with E-state index in [0.717, 1.165) is 12.1 Å². The van der Waals surface area contributed by atoms with Gasteiger partial charge in [-0.15, -0.1) is 5.10 Å². The zero-order valence-electron chi connectivity index (χ0n) is 12.7. The van der Waals surface area contributed by atoms with Crippen molar-refractivity contribution in [2.75, 3.05) is 19.7 Å². The molecule has 1 N–H and O–H groups in total. The van der Waals surface area contributed by atoms with Gasteiger partial charge in [0.1, 0.15) is 5.69 Å². The fourth-order valence-corrected chi connectivity index (χ4v) is 2.74. The first-order valence-electron chi connectivity index (χ1n) is 7.67. The van der Waals surface area contributed by atoms with Crippen LogP contribution >= 0.6 is 0 Å². The van der Waals surface area contributed by atoms with Crippen LogP contribution in [0.1, 0.15) is 35.8 Å². The molecule has 1 aromatic heterocycles. The van der Waals surface area contributed by atoms with Crippen LogP contribution in [0.4, 0.5) is 0 Å². The first-order valence-corrected chi connectivity index (χ1v) is 7.67. The molecular weight excluding hydrogens is 280 g/mol. The van der Waals surface area contributed by atoms with Crippen LogP contribution in [0.25, 0.3) is 11.3 Å². The maximum absolute atomic E-state index is 11.8. The molecule has 0 spiro atoms. The first kappa shape index (κ1) is 14.7. The van der Waals surface area contributed by atoms with Crippen LogP contribution in [0.5, 0.6) is 0 Å². The summed E-state index contributed by atoms with van der Waals surface area (Å²) >= 11 is 0. The summed E-state index contributed by atoms with van der Waals surface area (Å²) in [6.45, 7) is 5.42. The van der Waals surface area contributed by atoms with Gasteiger partial charge in [-0.3, -0.25) is 4.90 Å². The third-order valence-electron chi connectivity index (χ3n) is 3.85. The van der Waals surface area contributed by atoms with Crippen molar-refractivity contribution in [1.29, 1.82) is 0 Å². The maximum atomic E-state index is 11.8. The summed E-state index contributed by atoms with van der Waals surface area (Å²) in [7, 11) is 0. The Hall–Kier alpha value is -2.21. The van der Waals surface area contributed by atoms with Gasteiger partial charge in [-0.25, -0.2) is 4.79 Å². The number of carbonyl (C=O) groups excluding carboxylic acids is 1. The van der Waals surface area contributed by atoms with E-state index in [-0.39, 0.29) is 5.69 Å². The lowest BCUT2D eigenvalue weighted by atomic mass is 10.1. The van der Waals surface area contributed by atoms with Crippen LogP contribution in [-0.2, 0) is 11.3 Å². The summed E-state index contributed by atoms with van der Waals surface area (Å²) in [6.07, 6.45) is 2.58. The molecule has 1 fully saturated rings. The molecule has 0 aliphatic carbocycles. The molecule has 1 aliphatic rings. The number of carbonyl (C=O) groups is 1. The minimum absolute atomic E-state index is 0.231. The highest BCUT2D eigenvalue weighted by molar-refractivity contribution is 5.93. The SMILES string of the molecule is CCOC(=O)c1n[nH]nc1-c1ccc(CN2CCCC2)cc1. The lowest BCUT2D eigenvalue weighted by Gasteiger charge is -2.14. The second kappa shape index (κ2) is 6.70. The van der Waals surface area contributed by atoms with E-state index in [1.165, 1.54) is 31.5 Å². The molecule has 0 bridgehead atoms. The van der Waals surface area contributed by atoms with E-state index in [0.29, 0.717) is 12.3 Å². The number of ether oxygens (including phenoxy) is 1. The van der Waals surface area contributed by atoms with E-state index in [4.69, 9.17) is 4.74 Å². The second-order valence-corrected chi connectivity index (χ2v) is 5.42. The molecule has 0 unspecified atom stereocenters. The van der Waals surface area contributed by atoms with E-state index in [1.54, 1.807) is 6.92 Å². The van der Waals surface area contributed by atoms with E-state index in [2.05, 4.69) is 32.4 Å². The molecule has 0 saturated carbocycles. The molecule has 1 aliphatic heterocycles. The van der Waals surface area contributed by atoms with E-state index in [9.17, 15) is 4.79 Å². The third-order valence-corrected chi connectivity index (χ3v) is 3.85. The number of hydrogen-bond donors (Lipinski definition) is 1. The van der Waals surface area contributed by atoms with E-state index in [1.807, 2.05) is 12.1 Å². The molecule has 2 heterocycles. The van der Waals surface area contributed by atoms with Crippen molar-refractivity contribution in [3.05, 3.63) is 35.5 Å². The maximum Gasteiger partial charge on any atom is 0.361 e. The van der Waals surface area contributed by atoms with Crippen molar-refractivity contribution < 1.29 is 9.53 Å². The van der Waals surface area contributed by atoms with Gasteiger partial charge in [0.25, 0.3) is 0 Å². The highest BCUT2D eigenvalue weighted by atomic mass is 16.5. The number of hydrogen-bond acceptors (Lipinski definition) is 5. The van der Waals surface area contributed by atoms with Crippen molar-refractivity contribution >= 4 is 5.97 Å². The fraction of sp³-hybridized carbons (Fsp3) is 0.438. The summed E-state index contributed by atoms with van der Waals surface area (Å²) in [5.41, 5.74) is 2.90. The number of H-pyrrole nitrogens is 1. The molecule has 0 amide bonds. The highest BCUT2D eigenvalue weighted by Crippen LogP contribution is 2.22. The molecule has 6 heteroatoms. The molecule has 0 atom stereocenters. The van der Waals surface area contributed by atoms with Crippen LogP contribution in [0.2, 0.25) is 0 Å². The quantitative estimate of drug-likeness (QED) is 0.858. The van der Waals surface area contributed by atoms with Crippen LogP contribution < -0.4 is 0 Å². The summed E-state index contributed by atoms with van der Waals surface area (Å²) < 4.78 is 4.99. The first-order chi connectivity index (χ1) is 10.8. The predicted octanol–water partition coefficient (Wildman–Crippen LogP) is 2.24. The molecule has 6 nitrogen and oxygen atoms in total. The van der Waals surface area contributed by atoms with Crippen LogP contribution in [0, 0.1) is 0 Å². The largest absolute Gasteiger partial charge is 0.461 e. The predicted molar refractivity (Wildman–Crippen MR) is 82.3 cm³/mol. The summed E-state index contributed by atoms with van der Waals surface area (Å²) in [6, 6.07) is 8.12. The minimum Gasteiger partial charge on any atom is -0.461 e. The number of nitrogens with zero attached hydrogens (tertiary/aromatic N) is 3. The van der Waals surface area contributed by atoms with Crippen LogP contribution in [0.3, 0.4) is 0 Å². The Balaban J connectivity index is 1.75. The van der Waals surface area contributed by atoms with Crippen LogP contribution in [-0.4, -0.2) is 46.0 Å². The highest BCUT2D eigenvalue weighted by Gasteiger charge is 2.19. The lowest BCUT2D eigenvalue weighted by Crippen LogP contribution is -2.18. The lowest BCUT2D eigenvalue weighted by molar-refractivity contribution is 0.0520. The second-order valence-electron chi connectivity index (χ2n) is 5.42. The van der Waals surface area contributed by atoms with Gasteiger partial charge in [0.2, 0.25) is 0 Å². The average molecular weight is 300 g/mol. The standard InChI is InChI=1S/C16H20N4O2/c1-2-22-16(21)15-14(17-19-18-15)13-7-5-12(6-8-13)11-20-9-3-4-10-20/h5-8H,2-4,9-11H2,1H3,(H,17,18,19). The van der Waals surface area contributed by atoms with Crippen molar-refractivity contribution in [2.24, 2.45) is 0 Å². The Morgan fingerprint density at radius 2 is 1.95 bits per heavy atom. The number of esters is 1. The number of aromatic amines is 1. The van der Waals surface area contributed by atoms with E-state index >= 15 is 0 Å². The third kappa shape index (κ3) is 3.17. The van der Waals surface area contributed by atoms with Crippen molar-refractivity contribution in [3.63, 3.8) is 0 Å². The Morgan fingerprint density at radius 1 is 1.23 bits per heavy atom. The summed E-state index contributed by atoms with van der Waals surface area (Å²) in [4.78, 5) is 14.3. The molecule has 3 rings (SSSR count). The molecule has 116 valence electrons. The smallest absolute Gasteiger partial charge is 0.361 e.